The first kappa shape index (κ1) is 8.20. The van der Waals surface area contributed by atoms with Gasteiger partial charge >= 0.3 is 0 Å². The second-order valence-corrected chi connectivity index (χ2v) is 2.74. The molecule has 0 amide bonds. The van der Waals surface area contributed by atoms with E-state index < -0.39 is 0 Å². The third kappa shape index (κ3) is 2.67. The normalized spacial score (nSPS) is 13.3. The van der Waals surface area contributed by atoms with Crippen molar-refractivity contribution in [2.75, 3.05) is 6.61 Å². The van der Waals surface area contributed by atoms with Gasteiger partial charge in [0.15, 0.2) is 0 Å². The zero-order valence-electron chi connectivity index (χ0n) is 6.64. The molecule has 4 heteroatoms. The molecule has 1 aromatic rings. The quantitative estimate of drug-likeness (QED) is 0.680. The highest BCUT2D eigenvalue weighted by Gasteiger charge is 1.99. The van der Waals surface area contributed by atoms with E-state index in [0.29, 0.717) is 5.92 Å². The van der Waals surface area contributed by atoms with Gasteiger partial charge in [0.05, 0.1) is 6.20 Å². The first-order valence-electron chi connectivity index (χ1n) is 3.78. The Labute approximate surface area is 65.8 Å². The number of hydrogen-bond donors (Lipinski definition) is 1. The fourth-order valence-electron chi connectivity index (χ4n) is 0.796. The lowest BCUT2D eigenvalue weighted by atomic mass is 10.1. The van der Waals surface area contributed by atoms with Gasteiger partial charge in [0.2, 0.25) is 0 Å². The Kier molecular flexibility index (Phi) is 3.04. The number of aryl methyl sites for hydroxylation is 1. The standard InChI is InChI=1S/C7H13N3O/c1-7(6-11)2-4-10-5-3-8-9-10/h3,5,7,11H,2,4,6H2,1H3. The fraction of sp³-hybridized carbons (Fsp3) is 0.714. The van der Waals surface area contributed by atoms with Crippen LogP contribution in [0.25, 0.3) is 0 Å². The SMILES string of the molecule is CC(CO)CCn1ccnn1. The van der Waals surface area contributed by atoms with Crippen LogP contribution < -0.4 is 0 Å². The van der Waals surface area contributed by atoms with E-state index in [1.165, 1.54) is 0 Å². The Balaban J connectivity index is 2.23. The van der Waals surface area contributed by atoms with Crippen molar-refractivity contribution in [3.63, 3.8) is 0 Å². The smallest absolute Gasteiger partial charge is 0.0692 e. The van der Waals surface area contributed by atoms with E-state index in [2.05, 4.69) is 10.3 Å². The van der Waals surface area contributed by atoms with E-state index in [9.17, 15) is 0 Å². The van der Waals surface area contributed by atoms with E-state index in [4.69, 9.17) is 5.11 Å². The molecule has 1 rings (SSSR count). The summed E-state index contributed by atoms with van der Waals surface area (Å²) >= 11 is 0. The summed E-state index contributed by atoms with van der Waals surface area (Å²) in [6.07, 6.45) is 4.42. The van der Waals surface area contributed by atoms with Crippen molar-refractivity contribution < 1.29 is 5.11 Å². The summed E-state index contributed by atoms with van der Waals surface area (Å²) in [5, 5.41) is 16.2. The van der Waals surface area contributed by atoms with Crippen molar-refractivity contribution in [2.45, 2.75) is 19.9 Å². The van der Waals surface area contributed by atoms with Gasteiger partial charge < -0.3 is 5.11 Å². The molecule has 4 nitrogen and oxygen atoms in total. The summed E-state index contributed by atoms with van der Waals surface area (Å²) in [4.78, 5) is 0. The van der Waals surface area contributed by atoms with Crippen molar-refractivity contribution >= 4 is 0 Å². The summed E-state index contributed by atoms with van der Waals surface area (Å²) in [6.45, 7) is 3.09. The molecule has 0 aliphatic rings. The monoisotopic (exact) mass is 155 g/mol. The van der Waals surface area contributed by atoms with Gasteiger partial charge in [-0.2, -0.15) is 0 Å². The minimum absolute atomic E-state index is 0.245. The van der Waals surface area contributed by atoms with Crippen LogP contribution in [-0.4, -0.2) is 26.7 Å². The molecule has 0 saturated heterocycles. The maximum Gasteiger partial charge on any atom is 0.0692 e. The first-order chi connectivity index (χ1) is 5.33. The van der Waals surface area contributed by atoms with Gasteiger partial charge in [-0.3, -0.25) is 4.68 Å². The van der Waals surface area contributed by atoms with Gasteiger partial charge in [0.25, 0.3) is 0 Å². The second kappa shape index (κ2) is 4.08. The Morgan fingerprint density at radius 2 is 2.45 bits per heavy atom. The Hall–Kier alpha value is -0.900. The Bertz CT molecular complexity index is 186. The van der Waals surface area contributed by atoms with Crippen molar-refractivity contribution in [2.24, 2.45) is 5.92 Å². The van der Waals surface area contributed by atoms with E-state index in [0.717, 1.165) is 13.0 Å². The molecule has 0 bridgehead atoms. The Morgan fingerprint density at radius 3 is 3.00 bits per heavy atom. The number of rotatable bonds is 4. The molecular weight excluding hydrogens is 142 g/mol. The molecule has 1 aromatic heterocycles. The van der Waals surface area contributed by atoms with E-state index in [1.54, 1.807) is 10.9 Å². The van der Waals surface area contributed by atoms with Gasteiger partial charge in [0.1, 0.15) is 0 Å². The molecule has 0 spiro atoms. The van der Waals surface area contributed by atoms with Crippen LogP contribution in [0.1, 0.15) is 13.3 Å². The van der Waals surface area contributed by atoms with Crippen molar-refractivity contribution in [3.8, 4) is 0 Å². The minimum atomic E-state index is 0.245. The van der Waals surface area contributed by atoms with Crippen LogP contribution in [0.5, 0.6) is 0 Å². The van der Waals surface area contributed by atoms with E-state index >= 15 is 0 Å². The lowest BCUT2D eigenvalue weighted by molar-refractivity contribution is 0.224. The fourth-order valence-corrected chi connectivity index (χ4v) is 0.796. The number of hydrogen-bond acceptors (Lipinski definition) is 3. The van der Waals surface area contributed by atoms with Crippen molar-refractivity contribution in [1.82, 2.24) is 15.0 Å². The van der Waals surface area contributed by atoms with Crippen molar-refractivity contribution in [1.29, 1.82) is 0 Å². The predicted octanol–water partition coefficient (Wildman–Crippen LogP) is 0.297. The maximum atomic E-state index is 8.72. The molecule has 0 radical (unpaired) electrons. The van der Waals surface area contributed by atoms with Crippen LogP contribution in [0.3, 0.4) is 0 Å². The largest absolute Gasteiger partial charge is 0.396 e. The molecule has 1 unspecified atom stereocenters. The van der Waals surface area contributed by atoms with Crippen LogP contribution in [0, 0.1) is 5.92 Å². The molecule has 1 N–H and O–H groups in total. The van der Waals surface area contributed by atoms with Gasteiger partial charge in [-0.25, -0.2) is 0 Å². The lowest BCUT2D eigenvalue weighted by Crippen LogP contribution is -2.07. The first-order valence-corrected chi connectivity index (χ1v) is 3.78. The molecule has 1 atom stereocenters. The van der Waals surface area contributed by atoms with Crippen LogP contribution in [0.4, 0.5) is 0 Å². The Morgan fingerprint density at radius 1 is 1.64 bits per heavy atom. The molecule has 11 heavy (non-hydrogen) atoms. The summed E-state index contributed by atoms with van der Waals surface area (Å²) in [5.74, 6) is 0.346. The lowest BCUT2D eigenvalue weighted by Gasteiger charge is -2.05. The minimum Gasteiger partial charge on any atom is -0.396 e. The zero-order valence-corrected chi connectivity index (χ0v) is 6.64. The van der Waals surface area contributed by atoms with Crippen molar-refractivity contribution in [3.05, 3.63) is 12.4 Å². The highest BCUT2D eigenvalue weighted by atomic mass is 16.3. The second-order valence-electron chi connectivity index (χ2n) is 2.74. The zero-order chi connectivity index (χ0) is 8.10. The third-order valence-electron chi connectivity index (χ3n) is 1.63. The van der Waals surface area contributed by atoms with Gasteiger partial charge in [-0.05, 0) is 12.3 Å². The van der Waals surface area contributed by atoms with Crippen LogP contribution >= 0.6 is 0 Å². The van der Waals surface area contributed by atoms with E-state index in [1.807, 2.05) is 13.1 Å². The average molecular weight is 155 g/mol. The average Bonchev–Trinajstić information content (AvgIpc) is 2.52. The predicted molar refractivity (Wildman–Crippen MR) is 40.9 cm³/mol. The van der Waals surface area contributed by atoms with Gasteiger partial charge in [-0.15, -0.1) is 5.10 Å². The third-order valence-corrected chi connectivity index (χ3v) is 1.63. The maximum absolute atomic E-state index is 8.72. The molecular formula is C7H13N3O. The molecule has 0 aliphatic carbocycles. The highest BCUT2D eigenvalue weighted by molar-refractivity contribution is 4.64. The molecule has 1 heterocycles. The van der Waals surface area contributed by atoms with Gasteiger partial charge in [0, 0.05) is 19.3 Å². The van der Waals surface area contributed by atoms with E-state index in [-0.39, 0.29) is 6.61 Å². The van der Waals surface area contributed by atoms with Gasteiger partial charge in [-0.1, -0.05) is 12.1 Å². The molecule has 0 fully saturated rings. The number of aliphatic hydroxyl groups excluding tert-OH is 1. The molecule has 0 aliphatic heterocycles. The number of nitrogens with zero attached hydrogens (tertiary/aromatic N) is 3. The highest BCUT2D eigenvalue weighted by Crippen LogP contribution is 2.00. The van der Waals surface area contributed by atoms with Crippen LogP contribution in [-0.2, 0) is 6.54 Å². The number of aliphatic hydroxyl groups is 1. The van der Waals surface area contributed by atoms with Crippen LogP contribution in [0.2, 0.25) is 0 Å². The summed E-state index contributed by atoms with van der Waals surface area (Å²) in [7, 11) is 0. The summed E-state index contributed by atoms with van der Waals surface area (Å²) in [6, 6.07) is 0. The number of aromatic nitrogens is 3. The molecule has 0 saturated carbocycles. The summed E-state index contributed by atoms with van der Waals surface area (Å²) < 4.78 is 1.77. The topological polar surface area (TPSA) is 50.9 Å². The molecule has 62 valence electrons. The van der Waals surface area contributed by atoms with Crippen LogP contribution in [0.15, 0.2) is 12.4 Å². The molecule has 0 aromatic carbocycles. The summed E-state index contributed by atoms with van der Waals surface area (Å²) in [5.41, 5.74) is 0.